The van der Waals surface area contributed by atoms with E-state index in [1.807, 2.05) is 29.0 Å². The summed E-state index contributed by atoms with van der Waals surface area (Å²) in [5.41, 5.74) is 7.72. The van der Waals surface area contributed by atoms with E-state index in [4.69, 9.17) is 40.5 Å². The Labute approximate surface area is 166 Å². The topological polar surface area (TPSA) is 68.2 Å². The smallest absolute Gasteiger partial charge is 0.193 e. The van der Waals surface area contributed by atoms with Gasteiger partial charge in [-0.1, -0.05) is 40.9 Å². The van der Waals surface area contributed by atoms with Crippen LogP contribution in [0.5, 0.6) is 0 Å². The summed E-state index contributed by atoms with van der Waals surface area (Å²) in [4.78, 5) is 8.67. The fraction of sp³-hybridized carbons (Fsp3) is 0.111. The first kappa shape index (κ1) is 18.6. The van der Waals surface area contributed by atoms with Crippen molar-refractivity contribution in [2.45, 2.75) is 12.6 Å². The largest absolute Gasteiger partial charge is 0.370 e. The van der Waals surface area contributed by atoms with E-state index < -0.39 is 0 Å². The number of halogens is 3. The number of guanidine groups is 1. The number of aliphatic imine (C=N–C) groups is 1. The molecule has 3 N–H and O–H groups in total. The van der Waals surface area contributed by atoms with E-state index >= 15 is 0 Å². The Kier molecular flexibility index (Phi) is 6.04. The molecule has 0 amide bonds. The van der Waals surface area contributed by atoms with Gasteiger partial charge in [-0.05, 0) is 42.0 Å². The Bertz CT molecular complexity index is 892. The molecule has 5 nitrogen and oxygen atoms in total. The van der Waals surface area contributed by atoms with Crippen molar-refractivity contribution in [2.75, 3.05) is 5.32 Å². The van der Waals surface area contributed by atoms with Gasteiger partial charge in [-0.15, -0.1) is 0 Å². The highest BCUT2D eigenvalue weighted by atomic mass is 35.5. The molecule has 0 saturated carbocycles. The fourth-order valence-corrected chi connectivity index (χ4v) is 3.12. The van der Waals surface area contributed by atoms with Gasteiger partial charge < -0.3 is 15.6 Å². The van der Waals surface area contributed by atoms with Gasteiger partial charge in [0.05, 0.1) is 18.9 Å². The number of hydrogen-bond acceptors (Lipinski definition) is 2. The summed E-state index contributed by atoms with van der Waals surface area (Å²) in [6.45, 7) is 0.532. The predicted octanol–water partition coefficient (Wildman–Crippen LogP) is 5.01. The maximum absolute atomic E-state index is 6.37. The molecule has 0 aliphatic rings. The van der Waals surface area contributed by atoms with Gasteiger partial charge in [-0.2, -0.15) is 0 Å². The molecule has 8 heteroatoms. The lowest BCUT2D eigenvalue weighted by Crippen LogP contribution is -2.24. The lowest BCUT2D eigenvalue weighted by molar-refractivity contribution is 0.578. The highest BCUT2D eigenvalue weighted by molar-refractivity contribution is 6.35. The highest BCUT2D eigenvalue weighted by Crippen LogP contribution is 2.30. The van der Waals surface area contributed by atoms with Gasteiger partial charge in [0.25, 0.3) is 0 Å². The summed E-state index contributed by atoms with van der Waals surface area (Å²) < 4.78 is 1.91. The average Bonchev–Trinajstić information content (AvgIpc) is 3.09. The minimum atomic E-state index is -0.311. The quantitative estimate of drug-likeness (QED) is 0.460. The molecule has 0 saturated heterocycles. The molecule has 0 radical (unpaired) electrons. The zero-order chi connectivity index (χ0) is 18.5. The summed E-state index contributed by atoms with van der Waals surface area (Å²) in [7, 11) is 0. The van der Waals surface area contributed by atoms with Gasteiger partial charge in [0.1, 0.15) is 0 Å². The van der Waals surface area contributed by atoms with Crippen LogP contribution >= 0.6 is 34.8 Å². The van der Waals surface area contributed by atoms with Gasteiger partial charge >= 0.3 is 0 Å². The molecule has 0 aliphatic carbocycles. The SMILES string of the molecule is NC(=NC(Cn1ccnc1)c1ccc(Cl)cc1Cl)Nc1ccc(Cl)cc1. The molecule has 2 aromatic carbocycles. The molecular weight excluding hydrogens is 393 g/mol. The lowest BCUT2D eigenvalue weighted by Gasteiger charge is -2.17. The van der Waals surface area contributed by atoms with E-state index in [0.717, 1.165) is 11.3 Å². The number of benzene rings is 2. The maximum Gasteiger partial charge on any atom is 0.193 e. The van der Waals surface area contributed by atoms with Gasteiger partial charge in [-0.25, -0.2) is 9.98 Å². The number of nitrogens with two attached hydrogens (primary N) is 1. The molecular formula is C18H16Cl3N5. The molecule has 1 aromatic heterocycles. The van der Waals surface area contributed by atoms with Gasteiger partial charge in [0, 0.05) is 33.1 Å². The van der Waals surface area contributed by atoms with Crippen LogP contribution in [-0.4, -0.2) is 15.5 Å². The first-order valence-corrected chi connectivity index (χ1v) is 8.91. The normalized spacial score (nSPS) is 12.8. The van der Waals surface area contributed by atoms with Crippen LogP contribution in [-0.2, 0) is 6.54 Å². The van der Waals surface area contributed by atoms with Crippen LogP contribution in [0.25, 0.3) is 0 Å². The van der Waals surface area contributed by atoms with E-state index in [0.29, 0.717) is 21.6 Å². The first-order chi connectivity index (χ1) is 12.5. The van der Waals surface area contributed by atoms with Crippen molar-refractivity contribution in [3.05, 3.63) is 81.8 Å². The summed E-state index contributed by atoms with van der Waals surface area (Å²) >= 11 is 18.3. The molecule has 1 atom stereocenters. The van der Waals surface area contributed by atoms with E-state index in [-0.39, 0.29) is 12.0 Å². The van der Waals surface area contributed by atoms with Gasteiger partial charge in [0.15, 0.2) is 5.96 Å². The first-order valence-electron chi connectivity index (χ1n) is 7.78. The molecule has 1 unspecified atom stereocenters. The Morgan fingerprint density at radius 1 is 1.12 bits per heavy atom. The van der Waals surface area contributed by atoms with E-state index in [1.165, 1.54) is 0 Å². The summed E-state index contributed by atoms with van der Waals surface area (Å²) in [6, 6.07) is 12.2. The van der Waals surface area contributed by atoms with Gasteiger partial charge in [-0.3, -0.25) is 0 Å². The number of anilines is 1. The van der Waals surface area contributed by atoms with Crippen LogP contribution < -0.4 is 11.1 Å². The van der Waals surface area contributed by atoms with Crippen molar-refractivity contribution in [3.63, 3.8) is 0 Å². The van der Waals surface area contributed by atoms with E-state index in [9.17, 15) is 0 Å². The van der Waals surface area contributed by atoms with Crippen molar-refractivity contribution in [3.8, 4) is 0 Å². The summed E-state index contributed by atoms with van der Waals surface area (Å²) in [5.74, 6) is 0.267. The number of aromatic nitrogens is 2. The lowest BCUT2D eigenvalue weighted by atomic mass is 10.1. The number of nitrogens with one attached hydrogen (secondary N) is 1. The van der Waals surface area contributed by atoms with Crippen molar-refractivity contribution < 1.29 is 0 Å². The minimum Gasteiger partial charge on any atom is -0.370 e. The number of imidazole rings is 1. The van der Waals surface area contributed by atoms with E-state index in [2.05, 4.69) is 15.3 Å². The monoisotopic (exact) mass is 407 g/mol. The van der Waals surface area contributed by atoms with Crippen molar-refractivity contribution in [2.24, 2.45) is 10.7 Å². The van der Waals surface area contributed by atoms with Crippen LogP contribution in [0.4, 0.5) is 5.69 Å². The Morgan fingerprint density at radius 3 is 2.50 bits per heavy atom. The number of rotatable bonds is 5. The second-order valence-corrected chi connectivity index (χ2v) is 6.87. The second-order valence-electron chi connectivity index (χ2n) is 5.59. The molecule has 0 bridgehead atoms. The van der Waals surface area contributed by atoms with Crippen LogP contribution in [0.1, 0.15) is 11.6 Å². The van der Waals surface area contributed by atoms with Crippen LogP contribution in [0, 0.1) is 0 Å². The zero-order valence-corrected chi connectivity index (χ0v) is 15.9. The summed E-state index contributed by atoms with van der Waals surface area (Å²) in [6.07, 6.45) is 5.28. The Balaban J connectivity index is 1.87. The standard InChI is InChI=1S/C18H16Cl3N5/c19-12-1-4-14(5-2-12)24-18(22)25-17(10-26-8-7-23-11-26)15-6-3-13(20)9-16(15)21/h1-9,11,17H,10H2,(H3,22,24,25). The van der Waals surface area contributed by atoms with Crippen molar-refractivity contribution in [1.29, 1.82) is 0 Å². The predicted molar refractivity (Wildman–Crippen MR) is 108 cm³/mol. The third-order valence-electron chi connectivity index (χ3n) is 3.68. The maximum atomic E-state index is 6.37. The molecule has 1 heterocycles. The molecule has 0 spiro atoms. The Morgan fingerprint density at radius 2 is 1.85 bits per heavy atom. The molecule has 3 rings (SSSR count). The number of nitrogens with zero attached hydrogens (tertiary/aromatic N) is 3. The second kappa shape index (κ2) is 8.45. The van der Waals surface area contributed by atoms with Crippen molar-refractivity contribution >= 4 is 46.4 Å². The van der Waals surface area contributed by atoms with Crippen LogP contribution in [0.3, 0.4) is 0 Å². The third-order valence-corrected chi connectivity index (χ3v) is 4.49. The molecule has 0 aliphatic heterocycles. The molecule has 26 heavy (non-hydrogen) atoms. The summed E-state index contributed by atoms with van der Waals surface area (Å²) in [5, 5.41) is 4.80. The fourth-order valence-electron chi connectivity index (χ4n) is 2.46. The third kappa shape index (κ3) is 4.91. The highest BCUT2D eigenvalue weighted by Gasteiger charge is 2.16. The van der Waals surface area contributed by atoms with Crippen LogP contribution in [0.15, 0.2) is 66.2 Å². The molecule has 134 valence electrons. The Hall–Kier alpha value is -2.21. The van der Waals surface area contributed by atoms with Gasteiger partial charge in [0.2, 0.25) is 0 Å². The van der Waals surface area contributed by atoms with Crippen LogP contribution in [0.2, 0.25) is 15.1 Å². The van der Waals surface area contributed by atoms with E-state index in [1.54, 1.807) is 36.8 Å². The molecule has 0 fully saturated rings. The van der Waals surface area contributed by atoms with Crippen molar-refractivity contribution in [1.82, 2.24) is 9.55 Å². The average molecular weight is 409 g/mol. The zero-order valence-electron chi connectivity index (χ0n) is 13.6. The number of hydrogen-bond donors (Lipinski definition) is 2. The molecule has 3 aromatic rings. The minimum absolute atomic E-state index is 0.267.